The highest BCUT2D eigenvalue weighted by Gasteiger charge is 2.30. The second-order valence-electron chi connectivity index (χ2n) is 6.14. The number of carbonyl (C=O) groups excluding carboxylic acids is 1. The van der Waals surface area contributed by atoms with Crippen LogP contribution < -0.4 is 5.32 Å². The maximum atomic E-state index is 12.8. The highest BCUT2D eigenvalue weighted by Crippen LogP contribution is 2.33. The third-order valence-corrected chi connectivity index (χ3v) is 5.40. The van der Waals surface area contributed by atoms with Crippen molar-refractivity contribution in [3.05, 3.63) is 39.3 Å². The van der Waals surface area contributed by atoms with Gasteiger partial charge in [-0.25, -0.2) is 4.79 Å². The zero-order chi connectivity index (χ0) is 16.2. The first kappa shape index (κ1) is 16.1. The Hall–Kier alpha value is -1.82. The quantitative estimate of drug-likeness (QED) is 0.895. The molecule has 23 heavy (non-hydrogen) atoms. The number of aryl methyl sites for hydroxylation is 2. The number of nitrogens with one attached hydrogen (secondary N) is 2. The first-order chi connectivity index (χ1) is 11.2. The van der Waals surface area contributed by atoms with E-state index in [-0.39, 0.29) is 12.1 Å². The molecule has 2 aromatic heterocycles. The van der Waals surface area contributed by atoms with Crippen molar-refractivity contribution in [1.82, 2.24) is 20.4 Å². The zero-order valence-electron chi connectivity index (χ0n) is 13.8. The molecule has 2 N–H and O–H groups in total. The van der Waals surface area contributed by atoms with E-state index in [1.807, 2.05) is 30.2 Å². The van der Waals surface area contributed by atoms with Gasteiger partial charge in [0, 0.05) is 22.7 Å². The summed E-state index contributed by atoms with van der Waals surface area (Å²) in [5.41, 5.74) is 3.27. The number of amides is 2. The number of aromatic nitrogens is 2. The van der Waals surface area contributed by atoms with Crippen molar-refractivity contribution in [1.29, 1.82) is 0 Å². The molecule has 6 heteroatoms. The molecule has 2 aromatic rings. The topological polar surface area (TPSA) is 61.0 Å². The predicted molar refractivity (Wildman–Crippen MR) is 92.5 cm³/mol. The van der Waals surface area contributed by atoms with Crippen LogP contribution in [-0.2, 0) is 6.54 Å². The highest BCUT2D eigenvalue weighted by atomic mass is 32.1. The van der Waals surface area contributed by atoms with E-state index in [1.54, 1.807) is 11.3 Å². The average molecular weight is 332 g/mol. The van der Waals surface area contributed by atoms with E-state index in [0.29, 0.717) is 6.54 Å². The van der Waals surface area contributed by atoms with E-state index in [2.05, 4.69) is 21.6 Å². The first-order valence-electron chi connectivity index (χ1n) is 8.25. The Balaban J connectivity index is 1.77. The number of urea groups is 1. The maximum absolute atomic E-state index is 12.8. The molecular weight excluding hydrogens is 308 g/mol. The van der Waals surface area contributed by atoms with Gasteiger partial charge >= 0.3 is 6.03 Å². The lowest BCUT2D eigenvalue weighted by molar-refractivity contribution is 0.175. The highest BCUT2D eigenvalue weighted by molar-refractivity contribution is 7.09. The predicted octanol–water partition coefficient (Wildman–Crippen LogP) is 3.91. The molecule has 0 saturated carbocycles. The molecule has 3 rings (SSSR count). The van der Waals surface area contributed by atoms with Crippen molar-refractivity contribution in [2.24, 2.45) is 0 Å². The Labute approximate surface area is 141 Å². The first-order valence-corrected chi connectivity index (χ1v) is 9.13. The molecule has 5 nitrogen and oxygen atoms in total. The largest absolute Gasteiger partial charge is 0.333 e. The van der Waals surface area contributed by atoms with Crippen LogP contribution in [0.1, 0.15) is 53.6 Å². The Morgan fingerprint density at radius 3 is 3.00 bits per heavy atom. The second-order valence-corrected chi connectivity index (χ2v) is 7.18. The molecule has 1 fully saturated rings. The van der Waals surface area contributed by atoms with Crippen molar-refractivity contribution in [2.45, 2.75) is 52.1 Å². The van der Waals surface area contributed by atoms with E-state index < -0.39 is 0 Å². The summed E-state index contributed by atoms with van der Waals surface area (Å²) in [5, 5.41) is 12.5. The molecule has 1 saturated heterocycles. The fourth-order valence-corrected chi connectivity index (χ4v) is 4.02. The number of carbonyl (C=O) groups is 1. The lowest BCUT2D eigenvalue weighted by Gasteiger charge is -2.30. The molecule has 3 heterocycles. The number of hydrogen-bond donors (Lipinski definition) is 2. The summed E-state index contributed by atoms with van der Waals surface area (Å²) in [6.07, 6.45) is 4.41. The lowest BCUT2D eigenvalue weighted by atomic mass is 9.99. The van der Waals surface area contributed by atoms with Gasteiger partial charge in [0.25, 0.3) is 0 Å². The van der Waals surface area contributed by atoms with Gasteiger partial charge < -0.3 is 10.2 Å². The van der Waals surface area contributed by atoms with E-state index in [1.165, 1.54) is 16.9 Å². The number of hydrogen-bond acceptors (Lipinski definition) is 3. The van der Waals surface area contributed by atoms with Crippen LogP contribution in [0.4, 0.5) is 4.79 Å². The fraction of sp³-hybridized carbons (Fsp3) is 0.529. The summed E-state index contributed by atoms with van der Waals surface area (Å²) < 4.78 is 0. The number of rotatable bonds is 3. The van der Waals surface area contributed by atoms with Crippen LogP contribution in [0.25, 0.3) is 0 Å². The van der Waals surface area contributed by atoms with Crippen molar-refractivity contribution in [3.63, 3.8) is 0 Å². The van der Waals surface area contributed by atoms with Crippen molar-refractivity contribution in [2.75, 3.05) is 6.54 Å². The number of thiophene rings is 1. The van der Waals surface area contributed by atoms with Gasteiger partial charge in [0.2, 0.25) is 0 Å². The smallest absolute Gasteiger partial charge is 0.318 e. The Kier molecular flexibility index (Phi) is 5.00. The van der Waals surface area contributed by atoms with Gasteiger partial charge in [-0.3, -0.25) is 5.10 Å². The maximum Gasteiger partial charge on any atom is 0.318 e. The summed E-state index contributed by atoms with van der Waals surface area (Å²) in [6.45, 7) is 5.47. The van der Waals surface area contributed by atoms with Gasteiger partial charge in [0.1, 0.15) is 0 Å². The Morgan fingerprint density at radius 1 is 1.43 bits per heavy atom. The van der Waals surface area contributed by atoms with Crippen LogP contribution in [0.3, 0.4) is 0 Å². The van der Waals surface area contributed by atoms with Crippen LogP contribution in [0.2, 0.25) is 0 Å². The van der Waals surface area contributed by atoms with E-state index in [0.717, 1.165) is 37.2 Å². The molecule has 0 aromatic carbocycles. The number of aromatic amines is 1. The summed E-state index contributed by atoms with van der Waals surface area (Å²) in [6, 6.07) is 4.22. The van der Waals surface area contributed by atoms with Gasteiger partial charge in [0.05, 0.1) is 18.3 Å². The van der Waals surface area contributed by atoms with Crippen LogP contribution >= 0.6 is 11.3 Å². The molecule has 0 aliphatic carbocycles. The van der Waals surface area contributed by atoms with Gasteiger partial charge in [0.15, 0.2) is 0 Å². The van der Waals surface area contributed by atoms with Gasteiger partial charge in [-0.1, -0.05) is 18.9 Å². The summed E-state index contributed by atoms with van der Waals surface area (Å²) in [7, 11) is 0. The molecule has 0 bridgehead atoms. The molecule has 0 spiro atoms. The van der Waals surface area contributed by atoms with Crippen LogP contribution in [0.5, 0.6) is 0 Å². The average Bonchev–Trinajstić information content (AvgIpc) is 3.09. The third-order valence-electron chi connectivity index (χ3n) is 4.53. The second kappa shape index (κ2) is 7.17. The van der Waals surface area contributed by atoms with E-state index >= 15 is 0 Å². The van der Waals surface area contributed by atoms with Crippen LogP contribution in [0, 0.1) is 13.8 Å². The van der Waals surface area contributed by atoms with E-state index in [9.17, 15) is 4.79 Å². The Bertz CT molecular complexity index is 630. The normalized spacial score (nSPS) is 18.7. The van der Waals surface area contributed by atoms with Gasteiger partial charge in [-0.15, -0.1) is 11.3 Å². The molecule has 1 aliphatic rings. The lowest BCUT2D eigenvalue weighted by Crippen LogP contribution is -2.42. The zero-order valence-corrected chi connectivity index (χ0v) is 14.6. The van der Waals surface area contributed by atoms with Crippen LogP contribution in [-0.4, -0.2) is 27.7 Å². The standard InChI is InChI=1S/C17H24N4OS/c1-12-16(13(2)20-19-12)15-8-4-3-5-9-21(15)17(22)18-11-14-7-6-10-23-14/h6-7,10,15H,3-5,8-9,11H2,1-2H3,(H,18,22)(H,19,20)/t15-/m1/s1. The van der Waals surface area contributed by atoms with E-state index in [4.69, 9.17) is 0 Å². The van der Waals surface area contributed by atoms with Crippen molar-refractivity contribution >= 4 is 17.4 Å². The molecule has 1 atom stereocenters. The molecule has 2 amide bonds. The number of H-pyrrole nitrogens is 1. The minimum Gasteiger partial charge on any atom is -0.333 e. The fourth-order valence-electron chi connectivity index (χ4n) is 3.38. The molecule has 0 unspecified atom stereocenters. The monoisotopic (exact) mass is 332 g/mol. The minimum absolute atomic E-state index is 0.0327. The molecule has 124 valence electrons. The SMILES string of the molecule is Cc1n[nH]c(C)c1[C@H]1CCCCCN1C(=O)NCc1cccs1. The number of likely N-dealkylation sites (tertiary alicyclic amines) is 1. The third kappa shape index (κ3) is 3.58. The summed E-state index contributed by atoms with van der Waals surface area (Å²) in [4.78, 5) is 15.9. The minimum atomic E-state index is 0.0327. The number of nitrogens with zero attached hydrogens (tertiary/aromatic N) is 2. The summed E-state index contributed by atoms with van der Waals surface area (Å²) in [5.74, 6) is 0. The molecular formula is C17H24N4OS. The van der Waals surface area contributed by atoms with Crippen molar-refractivity contribution < 1.29 is 4.79 Å². The summed E-state index contributed by atoms with van der Waals surface area (Å²) >= 11 is 1.67. The van der Waals surface area contributed by atoms with Gasteiger partial charge in [-0.05, 0) is 38.1 Å². The van der Waals surface area contributed by atoms with Crippen molar-refractivity contribution in [3.8, 4) is 0 Å². The van der Waals surface area contributed by atoms with Crippen LogP contribution in [0.15, 0.2) is 17.5 Å². The molecule has 0 radical (unpaired) electrons. The van der Waals surface area contributed by atoms with Gasteiger partial charge in [-0.2, -0.15) is 5.10 Å². The Morgan fingerprint density at radius 2 is 2.30 bits per heavy atom. The molecule has 1 aliphatic heterocycles.